The molecule has 2 N–H and O–H groups in total. The van der Waals surface area contributed by atoms with Crippen LogP contribution in [0.1, 0.15) is 0 Å². The van der Waals surface area contributed by atoms with E-state index in [2.05, 4.69) is 10.1 Å². The van der Waals surface area contributed by atoms with Gasteiger partial charge in [0, 0.05) is 14.1 Å². The van der Waals surface area contributed by atoms with Gasteiger partial charge in [-0.25, -0.2) is 4.79 Å². The van der Waals surface area contributed by atoms with Crippen LogP contribution in [0.25, 0.3) is 0 Å². The molecule has 0 aromatic rings. The highest BCUT2D eigenvalue weighted by Gasteiger charge is 2.30. The Morgan fingerprint density at radius 2 is 2.07 bits per heavy atom. The molecule has 0 aliphatic heterocycles. The lowest BCUT2D eigenvalue weighted by atomic mass is 10.7. The summed E-state index contributed by atoms with van der Waals surface area (Å²) in [6, 6.07) is -1.58. The first kappa shape index (κ1) is 12.5. The lowest BCUT2D eigenvalue weighted by Gasteiger charge is -2.17. The highest BCUT2D eigenvalue weighted by Crippen LogP contribution is 2.14. The second-order valence-electron chi connectivity index (χ2n) is 2.32. The zero-order chi connectivity index (χ0) is 11.4. The van der Waals surface area contributed by atoms with Gasteiger partial charge >= 0.3 is 12.2 Å². The predicted octanol–water partition coefficient (Wildman–Crippen LogP) is 0.771. The van der Waals surface area contributed by atoms with E-state index in [-0.39, 0.29) is 0 Å². The van der Waals surface area contributed by atoms with Crippen LogP contribution in [0.4, 0.5) is 18.0 Å². The van der Waals surface area contributed by atoms with Crippen molar-refractivity contribution in [1.82, 2.24) is 10.2 Å². The zero-order valence-electron chi connectivity index (χ0n) is 7.60. The minimum absolute atomic E-state index is 0.617. The molecule has 0 spiro atoms. The zero-order valence-corrected chi connectivity index (χ0v) is 7.60. The van der Waals surface area contributed by atoms with E-state index in [0.717, 1.165) is 7.05 Å². The number of halogens is 3. The van der Waals surface area contributed by atoms with E-state index in [1.165, 1.54) is 7.05 Å². The lowest BCUT2D eigenvalue weighted by molar-refractivity contribution is -0.157. The van der Waals surface area contributed by atoms with Crippen LogP contribution >= 0.6 is 0 Å². The molecule has 0 heterocycles. The summed E-state index contributed by atoms with van der Waals surface area (Å²) in [6.07, 6.45) is -4.52. The third-order valence-corrected chi connectivity index (χ3v) is 1.20. The maximum Gasteiger partial charge on any atom is 0.422 e. The standard InChI is InChI=1S/C6H10F3N3O2/c1-11-5(13)12(2)4(10)14-3-6(7,8)9/h10H,3H2,1-2H3,(H,11,13). The summed E-state index contributed by atoms with van der Waals surface area (Å²) < 4.78 is 38.9. The maximum atomic E-state index is 11.6. The molecule has 0 saturated heterocycles. The number of carbonyl (C=O) groups is 1. The molecule has 0 aromatic carbocycles. The van der Waals surface area contributed by atoms with Crippen molar-refractivity contribution < 1.29 is 22.7 Å². The third-order valence-electron chi connectivity index (χ3n) is 1.20. The molecule has 0 bridgehead atoms. The molecule has 0 unspecified atom stereocenters. The largest absolute Gasteiger partial charge is 0.455 e. The SMILES string of the molecule is CNC(=O)N(C)C(=N)OCC(F)(F)F. The average Bonchev–Trinajstić information content (AvgIpc) is 2.10. The Labute approximate surface area is 78.3 Å². The Hall–Kier alpha value is -1.47. The van der Waals surface area contributed by atoms with Crippen molar-refractivity contribution in [3.8, 4) is 0 Å². The molecule has 0 aliphatic rings. The fourth-order valence-electron chi connectivity index (χ4n) is 0.507. The molecular weight excluding hydrogens is 203 g/mol. The van der Waals surface area contributed by atoms with Crippen molar-refractivity contribution in [2.24, 2.45) is 0 Å². The Kier molecular flexibility index (Phi) is 4.19. The van der Waals surface area contributed by atoms with Crippen molar-refractivity contribution in [3.63, 3.8) is 0 Å². The van der Waals surface area contributed by atoms with E-state index in [9.17, 15) is 18.0 Å². The van der Waals surface area contributed by atoms with Gasteiger partial charge in [0.25, 0.3) is 6.02 Å². The molecular formula is C6H10F3N3O2. The smallest absolute Gasteiger partial charge is 0.422 e. The van der Waals surface area contributed by atoms with Crippen LogP contribution in [0.2, 0.25) is 0 Å². The summed E-state index contributed by atoms with van der Waals surface area (Å²) in [7, 11) is 2.41. The van der Waals surface area contributed by atoms with Crippen molar-refractivity contribution in [3.05, 3.63) is 0 Å². The van der Waals surface area contributed by atoms with Crippen molar-refractivity contribution in [1.29, 1.82) is 5.41 Å². The number of carbonyl (C=O) groups excluding carboxylic acids is 1. The molecule has 0 rings (SSSR count). The predicted molar refractivity (Wildman–Crippen MR) is 42.0 cm³/mol. The number of nitrogens with zero attached hydrogens (tertiary/aromatic N) is 1. The second kappa shape index (κ2) is 4.68. The van der Waals surface area contributed by atoms with E-state index in [0.29, 0.717) is 4.90 Å². The molecule has 82 valence electrons. The number of rotatable bonds is 1. The molecule has 0 radical (unpaired) electrons. The van der Waals surface area contributed by atoms with Crippen LogP contribution < -0.4 is 5.32 Å². The molecule has 0 aliphatic carbocycles. The number of amides is 2. The highest BCUT2D eigenvalue weighted by molar-refractivity contribution is 5.91. The molecule has 2 amide bonds. The fraction of sp³-hybridized carbons (Fsp3) is 0.667. The van der Waals surface area contributed by atoms with E-state index >= 15 is 0 Å². The normalized spacial score (nSPS) is 10.6. The number of amidine groups is 1. The van der Waals surface area contributed by atoms with Crippen molar-refractivity contribution in [2.75, 3.05) is 20.7 Å². The molecule has 0 atom stereocenters. The maximum absolute atomic E-state index is 11.6. The topological polar surface area (TPSA) is 65.4 Å². The van der Waals surface area contributed by atoms with E-state index in [1.54, 1.807) is 0 Å². The van der Waals surface area contributed by atoms with Gasteiger partial charge in [-0.15, -0.1) is 0 Å². The summed E-state index contributed by atoms with van der Waals surface area (Å²) in [4.78, 5) is 11.4. The Bertz CT molecular complexity index is 229. The Morgan fingerprint density at radius 1 is 1.57 bits per heavy atom. The van der Waals surface area contributed by atoms with Crippen LogP contribution in [0.5, 0.6) is 0 Å². The monoisotopic (exact) mass is 213 g/mol. The molecule has 0 fully saturated rings. The highest BCUT2D eigenvalue weighted by atomic mass is 19.4. The summed E-state index contributed by atoms with van der Waals surface area (Å²) in [5.74, 6) is 0. The van der Waals surface area contributed by atoms with Crippen molar-refractivity contribution >= 4 is 12.1 Å². The molecule has 0 saturated carbocycles. The first-order valence-electron chi connectivity index (χ1n) is 3.51. The van der Waals surface area contributed by atoms with Gasteiger partial charge in [0.15, 0.2) is 6.61 Å². The van der Waals surface area contributed by atoms with E-state index < -0.39 is 24.8 Å². The average molecular weight is 213 g/mol. The minimum Gasteiger partial charge on any atom is -0.455 e. The Morgan fingerprint density at radius 3 is 2.43 bits per heavy atom. The summed E-state index contributed by atoms with van der Waals surface area (Å²) in [5.41, 5.74) is 0. The van der Waals surface area contributed by atoms with E-state index in [4.69, 9.17) is 5.41 Å². The van der Waals surface area contributed by atoms with Crippen LogP contribution in [-0.4, -0.2) is 43.8 Å². The van der Waals surface area contributed by atoms with Crippen LogP contribution in [0, 0.1) is 5.41 Å². The van der Waals surface area contributed by atoms with Crippen LogP contribution in [-0.2, 0) is 4.74 Å². The number of nitrogens with one attached hydrogen (secondary N) is 2. The number of hydrogen-bond acceptors (Lipinski definition) is 3. The second-order valence-corrected chi connectivity index (χ2v) is 2.32. The number of alkyl halides is 3. The van der Waals surface area contributed by atoms with Gasteiger partial charge in [-0.2, -0.15) is 13.2 Å². The molecule has 8 heteroatoms. The van der Waals surface area contributed by atoms with E-state index in [1.807, 2.05) is 0 Å². The summed E-state index contributed by atoms with van der Waals surface area (Å²) >= 11 is 0. The first-order valence-corrected chi connectivity index (χ1v) is 3.51. The number of hydrogen-bond donors (Lipinski definition) is 2. The number of urea groups is 1. The molecule has 5 nitrogen and oxygen atoms in total. The minimum atomic E-state index is -4.52. The van der Waals surface area contributed by atoms with Gasteiger partial charge in [0.1, 0.15) is 0 Å². The van der Waals surface area contributed by atoms with Crippen LogP contribution in [0.15, 0.2) is 0 Å². The fourth-order valence-corrected chi connectivity index (χ4v) is 0.507. The quantitative estimate of drug-likeness (QED) is 0.499. The van der Waals surface area contributed by atoms with Gasteiger partial charge in [-0.3, -0.25) is 10.3 Å². The summed E-state index contributed by atoms with van der Waals surface area (Å²) in [6.45, 7) is -1.59. The van der Waals surface area contributed by atoms with Crippen molar-refractivity contribution in [2.45, 2.75) is 6.18 Å². The van der Waals surface area contributed by atoms with Gasteiger partial charge in [0.05, 0.1) is 0 Å². The number of ether oxygens (including phenoxy) is 1. The summed E-state index contributed by atoms with van der Waals surface area (Å²) in [5, 5.41) is 9.08. The van der Waals surface area contributed by atoms with Gasteiger partial charge in [0.2, 0.25) is 0 Å². The third kappa shape index (κ3) is 4.53. The molecule has 0 aromatic heterocycles. The lowest BCUT2D eigenvalue weighted by Crippen LogP contribution is -2.41. The Balaban J connectivity index is 4.03. The van der Waals surface area contributed by atoms with Gasteiger partial charge in [-0.05, 0) is 0 Å². The molecule has 14 heavy (non-hydrogen) atoms. The van der Waals surface area contributed by atoms with Crippen LogP contribution in [0.3, 0.4) is 0 Å². The van der Waals surface area contributed by atoms with Gasteiger partial charge < -0.3 is 10.1 Å². The first-order chi connectivity index (χ1) is 6.28. The van der Waals surface area contributed by atoms with Gasteiger partial charge in [-0.1, -0.05) is 0 Å².